The first-order valence-corrected chi connectivity index (χ1v) is 14.5. The lowest BCUT2D eigenvalue weighted by molar-refractivity contribution is -0.384. The quantitative estimate of drug-likeness (QED) is 0.0695. The van der Waals surface area contributed by atoms with E-state index in [0.29, 0.717) is 30.0 Å². The molecule has 1 aliphatic heterocycles. The van der Waals surface area contributed by atoms with Gasteiger partial charge in [-0.2, -0.15) is 0 Å². The van der Waals surface area contributed by atoms with Gasteiger partial charge in [-0.05, 0) is 85.3 Å². The van der Waals surface area contributed by atoms with Gasteiger partial charge < -0.3 is 9.47 Å². The van der Waals surface area contributed by atoms with Crippen molar-refractivity contribution in [2.24, 2.45) is 11.8 Å². The number of carbonyl (C=O) groups excluding carboxylic acids is 4. The highest BCUT2D eigenvalue weighted by molar-refractivity contribution is 6.22. The summed E-state index contributed by atoms with van der Waals surface area (Å²) in [7, 11) is 0. The average Bonchev–Trinajstić information content (AvgIpc) is 3.32. The second-order valence-corrected chi connectivity index (χ2v) is 11.1. The molecule has 10 nitrogen and oxygen atoms in total. The van der Waals surface area contributed by atoms with E-state index in [2.05, 4.69) is 12.1 Å². The SMILES string of the molecule is O=C(COC(=O)c1cccc(N2C(=O)[C@H]3C[C@H](c4ccccc4)CC[C@H]3C2=O)c1)c1ccc(Oc2ccc([N+](=O)[O-])cc2)cc1. The van der Waals surface area contributed by atoms with E-state index in [1.165, 1.54) is 59.0 Å². The van der Waals surface area contributed by atoms with Gasteiger partial charge in [-0.1, -0.05) is 36.4 Å². The molecular weight excluding hydrogens is 576 g/mol. The van der Waals surface area contributed by atoms with Crippen LogP contribution in [0, 0.1) is 22.0 Å². The Labute approximate surface area is 258 Å². The van der Waals surface area contributed by atoms with Crippen LogP contribution in [0.15, 0.2) is 103 Å². The van der Waals surface area contributed by atoms with Crippen molar-refractivity contribution in [3.05, 3.63) is 130 Å². The molecule has 4 aromatic rings. The standard InChI is InChI=1S/C35H28N2O8/c38-32(23-9-14-28(15-10-23)45-29-16-12-26(13-17-29)37(42)43)21-44-35(41)25-7-4-8-27(19-25)36-33(39)30-18-11-24(20-31(30)34(36)40)22-5-2-1-3-6-22/h1-10,12-17,19,24,30-31H,11,18,20-21H2/t24-,30-,31+/m1/s1. The van der Waals surface area contributed by atoms with Crippen LogP contribution in [0.25, 0.3) is 0 Å². The minimum Gasteiger partial charge on any atom is -0.457 e. The van der Waals surface area contributed by atoms with Crippen LogP contribution in [0.5, 0.6) is 11.5 Å². The van der Waals surface area contributed by atoms with Gasteiger partial charge in [-0.25, -0.2) is 4.79 Å². The van der Waals surface area contributed by atoms with Crippen LogP contribution in [0.1, 0.15) is 51.5 Å². The molecule has 10 heteroatoms. The predicted octanol–water partition coefficient (Wildman–Crippen LogP) is 6.50. The van der Waals surface area contributed by atoms with Crippen molar-refractivity contribution in [2.45, 2.75) is 25.2 Å². The van der Waals surface area contributed by atoms with Crippen LogP contribution in [0.3, 0.4) is 0 Å². The third kappa shape index (κ3) is 6.21. The fourth-order valence-corrected chi connectivity index (χ4v) is 6.01. The molecule has 0 radical (unpaired) electrons. The average molecular weight is 605 g/mol. The summed E-state index contributed by atoms with van der Waals surface area (Å²) in [6.07, 6.45) is 2.05. The van der Waals surface area contributed by atoms with E-state index in [9.17, 15) is 29.3 Å². The van der Waals surface area contributed by atoms with Crippen molar-refractivity contribution in [3.8, 4) is 11.5 Å². The second-order valence-electron chi connectivity index (χ2n) is 11.1. The van der Waals surface area contributed by atoms with E-state index in [1.54, 1.807) is 24.3 Å². The molecule has 1 heterocycles. The molecule has 2 fully saturated rings. The highest BCUT2D eigenvalue weighted by Crippen LogP contribution is 2.45. The van der Waals surface area contributed by atoms with Crippen molar-refractivity contribution in [1.29, 1.82) is 0 Å². The molecule has 4 aromatic carbocycles. The third-order valence-electron chi connectivity index (χ3n) is 8.33. The zero-order chi connectivity index (χ0) is 31.5. The Kier molecular flexibility index (Phi) is 8.20. The summed E-state index contributed by atoms with van der Waals surface area (Å²) >= 11 is 0. The maximum Gasteiger partial charge on any atom is 0.338 e. The Bertz CT molecular complexity index is 1770. The van der Waals surface area contributed by atoms with Crippen molar-refractivity contribution in [2.75, 3.05) is 11.5 Å². The summed E-state index contributed by atoms with van der Waals surface area (Å²) in [4.78, 5) is 63.8. The van der Waals surface area contributed by atoms with Gasteiger partial charge in [-0.3, -0.25) is 29.4 Å². The van der Waals surface area contributed by atoms with Crippen molar-refractivity contribution < 1.29 is 33.6 Å². The summed E-state index contributed by atoms with van der Waals surface area (Å²) in [5.74, 6) is -1.48. The third-order valence-corrected chi connectivity index (χ3v) is 8.33. The molecule has 45 heavy (non-hydrogen) atoms. The van der Waals surface area contributed by atoms with Crippen LogP contribution in [0.4, 0.5) is 11.4 Å². The summed E-state index contributed by atoms with van der Waals surface area (Å²) in [5, 5.41) is 10.8. The molecule has 2 aliphatic rings. The van der Waals surface area contributed by atoms with E-state index < -0.39 is 29.2 Å². The summed E-state index contributed by atoms with van der Waals surface area (Å²) < 4.78 is 10.9. The van der Waals surface area contributed by atoms with Gasteiger partial charge in [0.05, 0.1) is 28.0 Å². The van der Waals surface area contributed by atoms with E-state index in [-0.39, 0.29) is 40.5 Å². The fraction of sp³-hybridized carbons (Fsp3) is 0.200. The number of non-ortho nitro benzene ring substituents is 1. The minimum atomic E-state index is -0.760. The molecule has 2 amide bonds. The van der Waals surface area contributed by atoms with Crippen LogP contribution in [-0.2, 0) is 14.3 Å². The number of benzene rings is 4. The summed E-state index contributed by atoms with van der Waals surface area (Å²) in [6.45, 7) is -0.516. The highest BCUT2D eigenvalue weighted by Gasteiger charge is 2.50. The zero-order valence-corrected chi connectivity index (χ0v) is 24.0. The second kappa shape index (κ2) is 12.5. The van der Waals surface area contributed by atoms with E-state index in [4.69, 9.17) is 9.47 Å². The van der Waals surface area contributed by atoms with Gasteiger partial charge in [0.1, 0.15) is 11.5 Å². The fourth-order valence-electron chi connectivity index (χ4n) is 6.01. The Morgan fingerprint density at radius 2 is 1.44 bits per heavy atom. The predicted molar refractivity (Wildman–Crippen MR) is 163 cm³/mol. The molecule has 0 bridgehead atoms. The molecule has 1 saturated heterocycles. The lowest BCUT2D eigenvalue weighted by Gasteiger charge is -2.28. The Morgan fingerprint density at radius 1 is 0.778 bits per heavy atom. The first-order valence-electron chi connectivity index (χ1n) is 14.5. The number of hydrogen-bond donors (Lipinski definition) is 0. The number of fused-ring (bicyclic) bond motifs is 1. The number of esters is 1. The number of nitro benzene ring substituents is 1. The van der Waals surface area contributed by atoms with Gasteiger partial charge in [0.25, 0.3) is 5.69 Å². The number of ether oxygens (including phenoxy) is 2. The number of amides is 2. The van der Waals surface area contributed by atoms with Crippen LogP contribution < -0.4 is 9.64 Å². The number of nitrogens with zero attached hydrogens (tertiary/aromatic N) is 2. The molecule has 0 spiro atoms. The Balaban J connectivity index is 1.06. The molecule has 0 aromatic heterocycles. The van der Waals surface area contributed by atoms with Crippen molar-refractivity contribution in [3.63, 3.8) is 0 Å². The van der Waals surface area contributed by atoms with Gasteiger partial charge in [-0.15, -0.1) is 0 Å². The van der Waals surface area contributed by atoms with Crippen LogP contribution in [-0.4, -0.2) is 35.1 Å². The number of rotatable bonds is 9. The molecule has 6 rings (SSSR count). The first-order chi connectivity index (χ1) is 21.8. The normalized spacial score (nSPS) is 19.1. The number of nitro groups is 1. The van der Waals surface area contributed by atoms with E-state index in [1.807, 2.05) is 18.2 Å². The lowest BCUT2D eigenvalue weighted by Crippen LogP contribution is -2.31. The largest absolute Gasteiger partial charge is 0.457 e. The monoisotopic (exact) mass is 604 g/mol. The van der Waals surface area contributed by atoms with Gasteiger partial charge in [0.15, 0.2) is 12.4 Å². The number of Topliss-reactive ketones (excluding diaryl/α,β-unsaturated/α-hetero) is 1. The van der Waals surface area contributed by atoms with Gasteiger partial charge >= 0.3 is 5.97 Å². The van der Waals surface area contributed by atoms with Gasteiger partial charge in [0.2, 0.25) is 11.8 Å². The first kappa shape index (κ1) is 29.4. The van der Waals surface area contributed by atoms with Crippen molar-refractivity contribution >= 4 is 34.9 Å². The molecule has 3 atom stereocenters. The number of anilines is 1. The molecular formula is C35H28N2O8. The Hall–Kier alpha value is -5.64. The molecule has 1 saturated carbocycles. The van der Waals surface area contributed by atoms with Crippen LogP contribution >= 0.6 is 0 Å². The number of ketones is 1. The number of hydrogen-bond acceptors (Lipinski definition) is 8. The smallest absolute Gasteiger partial charge is 0.338 e. The molecule has 1 aliphatic carbocycles. The maximum atomic E-state index is 13.5. The number of carbonyl (C=O) groups is 4. The molecule has 0 N–H and O–H groups in total. The lowest BCUT2D eigenvalue weighted by atomic mass is 9.73. The maximum absolute atomic E-state index is 13.5. The highest BCUT2D eigenvalue weighted by atomic mass is 16.6. The summed E-state index contributed by atoms with van der Waals surface area (Å²) in [6, 6.07) is 27.9. The van der Waals surface area contributed by atoms with Crippen LogP contribution in [0.2, 0.25) is 0 Å². The van der Waals surface area contributed by atoms with Gasteiger partial charge in [0, 0.05) is 17.7 Å². The molecule has 226 valence electrons. The summed E-state index contributed by atoms with van der Waals surface area (Å²) in [5.41, 5.74) is 1.82. The van der Waals surface area contributed by atoms with Crippen molar-refractivity contribution in [1.82, 2.24) is 0 Å². The van der Waals surface area contributed by atoms with E-state index >= 15 is 0 Å². The molecule has 0 unspecified atom stereocenters. The minimum absolute atomic E-state index is 0.0578. The number of imide groups is 1. The van der Waals surface area contributed by atoms with E-state index in [0.717, 1.165) is 6.42 Å². The Morgan fingerprint density at radius 3 is 2.13 bits per heavy atom. The zero-order valence-electron chi connectivity index (χ0n) is 24.0. The topological polar surface area (TPSA) is 133 Å².